The number of carbonyl (C=O) groups is 2. The van der Waals surface area contributed by atoms with Crippen LogP contribution in [0.15, 0.2) is 12.2 Å². The molecule has 1 aliphatic carbocycles. The maximum atomic E-state index is 16.3. The number of hydrogen-bond acceptors (Lipinski definition) is 5. The second-order valence-corrected chi connectivity index (χ2v) is 15.1. The maximum Gasteiger partial charge on any atom is 0.413 e. The Morgan fingerprint density at radius 3 is 2.50 bits per heavy atom. The summed E-state index contributed by atoms with van der Waals surface area (Å²) in [7, 11) is -0.764. The van der Waals surface area contributed by atoms with Crippen molar-refractivity contribution in [1.82, 2.24) is 14.7 Å². The molecular weight excluding hydrogens is 405 g/mol. The number of likely N-dealkylation sites (tertiary alicyclic amines) is 1. The van der Waals surface area contributed by atoms with Crippen molar-refractivity contribution >= 4 is 20.3 Å². The van der Waals surface area contributed by atoms with Crippen LogP contribution >= 0.6 is 0 Å². The van der Waals surface area contributed by atoms with Gasteiger partial charge in [0.25, 0.3) is 0 Å². The minimum atomic E-state index is -2.37. The molecule has 3 atom stereocenters. The highest BCUT2D eigenvalue weighted by Crippen LogP contribution is 2.48. The van der Waals surface area contributed by atoms with E-state index in [9.17, 15) is 9.59 Å². The van der Waals surface area contributed by atoms with Gasteiger partial charge in [-0.25, -0.2) is 9.18 Å². The first kappa shape index (κ1) is 23.2. The van der Waals surface area contributed by atoms with E-state index in [1.807, 2.05) is 19.2 Å². The number of rotatable bonds is 5. The van der Waals surface area contributed by atoms with Crippen LogP contribution in [0, 0.1) is 0 Å². The Labute approximate surface area is 180 Å². The first-order valence-electron chi connectivity index (χ1n) is 10.7. The molecule has 0 radical (unpaired) electrons. The molecule has 3 unspecified atom stereocenters. The average molecular weight is 442 g/mol. The largest absolute Gasteiger partial charge is 0.423 e. The average Bonchev–Trinajstić information content (AvgIpc) is 2.92. The molecule has 0 saturated carbocycles. The lowest BCUT2D eigenvalue weighted by molar-refractivity contribution is -0.149. The first-order chi connectivity index (χ1) is 13.7. The highest BCUT2D eigenvalue weighted by atomic mass is 28.4. The lowest BCUT2D eigenvalue weighted by Crippen LogP contribution is -2.68. The van der Waals surface area contributed by atoms with Crippen molar-refractivity contribution in [3.63, 3.8) is 0 Å². The fourth-order valence-corrected chi connectivity index (χ4v) is 5.45. The SMILES string of the molecule is CC(=O)N(C)C1CN(C2(N3CCC3)C=CCC(F)(O[Si](C)(C)C(C)(C)C)C2)C(=O)O1. The van der Waals surface area contributed by atoms with Gasteiger partial charge in [-0.15, -0.1) is 0 Å². The van der Waals surface area contributed by atoms with E-state index in [0.717, 1.165) is 19.5 Å². The number of nitrogens with zero attached hydrogens (tertiary/aromatic N) is 3. The van der Waals surface area contributed by atoms with Gasteiger partial charge in [-0.2, -0.15) is 0 Å². The van der Waals surface area contributed by atoms with Crippen LogP contribution in [0.3, 0.4) is 0 Å². The summed E-state index contributed by atoms with van der Waals surface area (Å²) in [6, 6.07) is 0. The number of ether oxygens (including phenoxy) is 1. The van der Waals surface area contributed by atoms with Crippen molar-refractivity contribution in [1.29, 1.82) is 0 Å². The Morgan fingerprint density at radius 2 is 2.00 bits per heavy atom. The third-order valence-electron chi connectivity index (χ3n) is 7.17. The van der Waals surface area contributed by atoms with Crippen molar-refractivity contribution < 1.29 is 23.1 Å². The maximum absolute atomic E-state index is 16.3. The first-order valence-corrected chi connectivity index (χ1v) is 13.7. The third kappa shape index (κ3) is 4.03. The number of carbonyl (C=O) groups excluding carboxylic acids is 2. The molecule has 2 saturated heterocycles. The van der Waals surface area contributed by atoms with E-state index in [4.69, 9.17) is 9.16 Å². The highest BCUT2D eigenvalue weighted by Gasteiger charge is 2.58. The van der Waals surface area contributed by atoms with Gasteiger partial charge >= 0.3 is 6.09 Å². The van der Waals surface area contributed by atoms with Gasteiger partial charge in [0.05, 0.1) is 6.54 Å². The zero-order chi connectivity index (χ0) is 22.5. The van der Waals surface area contributed by atoms with E-state index in [1.54, 1.807) is 18.0 Å². The molecule has 2 amide bonds. The second kappa shape index (κ2) is 7.60. The van der Waals surface area contributed by atoms with Gasteiger partial charge in [0.2, 0.25) is 11.8 Å². The molecule has 0 bridgehead atoms. The van der Waals surface area contributed by atoms with Gasteiger partial charge in [0, 0.05) is 39.9 Å². The van der Waals surface area contributed by atoms with Crippen LogP contribution in [0.2, 0.25) is 18.1 Å². The predicted octanol–water partition coefficient (Wildman–Crippen LogP) is 3.68. The molecule has 30 heavy (non-hydrogen) atoms. The Balaban J connectivity index is 1.91. The van der Waals surface area contributed by atoms with E-state index in [1.165, 1.54) is 11.8 Å². The summed E-state index contributed by atoms with van der Waals surface area (Å²) >= 11 is 0. The van der Waals surface area contributed by atoms with Gasteiger partial charge in [0.1, 0.15) is 5.66 Å². The van der Waals surface area contributed by atoms with E-state index < -0.39 is 32.2 Å². The van der Waals surface area contributed by atoms with Gasteiger partial charge in [-0.05, 0) is 30.6 Å². The van der Waals surface area contributed by atoms with Crippen LogP contribution in [-0.2, 0) is 14.0 Å². The zero-order valence-corrected chi connectivity index (χ0v) is 20.3. The fourth-order valence-electron chi connectivity index (χ4n) is 4.08. The summed E-state index contributed by atoms with van der Waals surface area (Å²) in [5.74, 6) is -2.05. The summed E-state index contributed by atoms with van der Waals surface area (Å²) in [4.78, 5) is 29.7. The molecule has 0 aromatic heterocycles. The fraction of sp³-hybridized carbons (Fsp3) is 0.810. The lowest BCUT2D eigenvalue weighted by atomic mass is 9.86. The van der Waals surface area contributed by atoms with Gasteiger partial charge in [-0.3, -0.25) is 14.6 Å². The van der Waals surface area contributed by atoms with Crippen LogP contribution in [0.5, 0.6) is 0 Å². The monoisotopic (exact) mass is 441 g/mol. The summed E-state index contributed by atoms with van der Waals surface area (Å²) in [5, 5.41) is -0.130. The normalized spacial score (nSPS) is 32.7. The molecular formula is C21H36FN3O4Si. The van der Waals surface area contributed by atoms with E-state index in [0.29, 0.717) is 0 Å². The van der Waals surface area contributed by atoms with Crippen molar-refractivity contribution in [3.8, 4) is 0 Å². The van der Waals surface area contributed by atoms with Crippen molar-refractivity contribution in [2.45, 2.75) is 82.8 Å². The Hall–Kier alpha value is -1.45. The van der Waals surface area contributed by atoms with Crippen molar-refractivity contribution in [2.75, 3.05) is 26.7 Å². The van der Waals surface area contributed by atoms with Crippen molar-refractivity contribution in [3.05, 3.63) is 12.2 Å². The summed E-state index contributed by atoms with van der Waals surface area (Å²) in [5.41, 5.74) is -0.947. The van der Waals surface area contributed by atoms with Crippen LogP contribution in [0.25, 0.3) is 0 Å². The second-order valence-electron chi connectivity index (χ2n) is 10.3. The number of likely N-dealkylation sites (N-methyl/N-ethyl adjacent to an activating group) is 1. The number of halogens is 1. The van der Waals surface area contributed by atoms with Gasteiger partial charge < -0.3 is 14.1 Å². The van der Waals surface area contributed by atoms with Crippen LogP contribution in [-0.4, -0.2) is 79.4 Å². The van der Waals surface area contributed by atoms with Gasteiger partial charge in [-0.1, -0.05) is 26.8 Å². The quantitative estimate of drug-likeness (QED) is 0.481. The topological polar surface area (TPSA) is 62.3 Å². The zero-order valence-electron chi connectivity index (χ0n) is 19.3. The Bertz CT molecular complexity index is 736. The molecule has 2 heterocycles. The number of alkyl halides is 1. The van der Waals surface area contributed by atoms with E-state index >= 15 is 4.39 Å². The molecule has 2 fully saturated rings. The van der Waals surface area contributed by atoms with Crippen LogP contribution in [0.1, 0.15) is 47.0 Å². The molecule has 9 heteroatoms. The Kier molecular flexibility index (Phi) is 5.88. The molecule has 0 aromatic carbocycles. The molecule has 3 aliphatic rings. The molecule has 7 nitrogen and oxygen atoms in total. The molecule has 2 aliphatic heterocycles. The Morgan fingerprint density at radius 1 is 1.37 bits per heavy atom. The lowest BCUT2D eigenvalue weighted by Gasteiger charge is -2.55. The molecule has 0 N–H and O–H groups in total. The predicted molar refractivity (Wildman–Crippen MR) is 115 cm³/mol. The summed E-state index contributed by atoms with van der Waals surface area (Å²) in [6.45, 7) is 13.5. The van der Waals surface area contributed by atoms with E-state index in [2.05, 4.69) is 25.7 Å². The van der Waals surface area contributed by atoms with Crippen LogP contribution < -0.4 is 0 Å². The smallest absolute Gasteiger partial charge is 0.413 e. The minimum absolute atomic E-state index is 0.0363. The molecule has 170 valence electrons. The number of cyclic esters (lactones) is 1. The number of amides is 2. The molecule has 0 spiro atoms. The molecule has 3 rings (SSSR count). The standard InChI is InChI=1S/C21H36FN3O4Si/c1-16(26)23(5)17-14-25(18(27)28-17)21(24-12-9-13-24)11-8-10-20(22,15-21)29-30(6,7)19(2,3)4/h8,11,17H,9-10,12-15H2,1-7H3. The van der Waals surface area contributed by atoms with Gasteiger partial charge in [0.15, 0.2) is 14.5 Å². The summed E-state index contributed by atoms with van der Waals surface area (Å²) < 4.78 is 28.0. The summed E-state index contributed by atoms with van der Waals surface area (Å²) in [6.07, 6.45) is 3.71. The minimum Gasteiger partial charge on any atom is -0.423 e. The highest BCUT2D eigenvalue weighted by molar-refractivity contribution is 6.74. The van der Waals surface area contributed by atoms with E-state index in [-0.39, 0.29) is 30.3 Å². The molecule has 0 aromatic rings. The van der Waals surface area contributed by atoms with Crippen molar-refractivity contribution in [2.24, 2.45) is 0 Å². The number of hydrogen-bond donors (Lipinski definition) is 0. The van der Waals surface area contributed by atoms with Crippen LogP contribution in [0.4, 0.5) is 9.18 Å². The third-order valence-corrected chi connectivity index (χ3v) is 11.7.